The number of pyridine rings is 1. The molecule has 1 amide bonds. The number of carbonyl (C=O) groups excluding carboxylic acids is 1. The van der Waals surface area contributed by atoms with Crippen LogP contribution in [0.3, 0.4) is 0 Å². The van der Waals surface area contributed by atoms with Crippen LogP contribution in [0.15, 0.2) is 55.0 Å². The number of nitrogens with one attached hydrogen (secondary N) is 2. The Hall–Kier alpha value is -3.75. The first-order valence-corrected chi connectivity index (χ1v) is 9.65. The fourth-order valence-electron chi connectivity index (χ4n) is 3.08. The standard InChI is InChI=1S/C21H24N6O3/c1-15(18-7-3-4-10-22-18)25-19-9-8-17(12-20(19)27(29)30)21(28)23-11-5-6-16-13-24-26(2)14-16/h3-4,7-10,12-15,25H,5-6,11H2,1-2H3,(H,23,28). The third kappa shape index (κ3) is 5.40. The van der Waals surface area contributed by atoms with Gasteiger partial charge in [0.05, 0.1) is 22.9 Å². The van der Waals surface area contributed by atoms with Crippen molar-refractivity contribution in [3.63, 3.8) is 0 Å². The SMILES string of the molecule is CC(Nc1ccc(C(=O)NCCCc2cnn(C)c2)cc1[N+](=O)[O-])c1ccccn1. The van der Waals surface area contributed by atoms with Crippen LogP contribution in [0.25, 0.3) is 0 Å². The van der Waals surface area contributed by atoms with E-state index in [2.05, 4.69) is 20.7 Å². The van der Waals surface area contributed by atoms with Crippen molar-refractivity contribution in [2.24, 2.45) is 7.05 Å². The molecule has 3 rings (SSSR count). The van der Waals surface area contributed by atoms with Crippen molar-refractivity contribution in [2.45, 2.75) is 25.8 Å². The van der Waals surface area contributed by atoms with Gasteiger partial charge in [0.2, 0.25) is 0 Å². The van der Waals surface area contributed by atoms with Gasteiger partial charge in [-0.25, -0.2) is 0 Å². The maximum absolute atomic E-state index is 12.4. The van der Waals surface area contributed by atoms with Gasteiger partial charge in [-0.15, -0.1) is 0 Å². The second kappa shape index (κ2) is 9.64. The van der Waals surface area contributed by atoms with E-state index in [1.165, 1.54) is 6.07 Å². The molecule has 2 aromatic heterocycles. The molecule has 156 valence electrons. The molecule has 1 aromatic carbocycles. The number of aromatic nitrogens is 3. The number of nitro groups is 1. The largest absolute Gasteiger partial charge is 0.371 e. The molecule has 0 radical (unpaired) electrons. The minimum Gasteiger partial charge on any atom is -0.371 e. The van der Waals surface area contributed by atoms with Gasteiger partial charge in [-0.1, -0.05) is 6.07 Å². The predicted octanol–water partition coefficient (Wildman–Crippen LogP) is 3.26. The van der Waals surface area contributed by atoms with E-state index >= 15 is 0 Å². The number of nitrogens with zero attached hydrogens (tertiary/aromatic N) is 4. The first-order valence-electron chi connectivity index (χ1n) is 9.65. The lowest BCUT2D eigenvalue weighted by Gasteiger charge is -2.15. The van der Waals surface area contributed by atoms with E-state index in [0.29, 0.717) is 12.2 Å². The molecule has 0 aliphatic rings. The summed E-state index contributed by atoms with van der Waals surface area (Å²) in [6.07, 6.45) is 6.94. The molecule has 9 nitrogen and oxygen atoms in total. The van der Waals surface area contributed by atoms with E-state index in [1.54, 1.807) is 29.2 Å². The van der Waals surface area contributed by atoms with Gasteiger partial charge < -0.3 is 10.6 Å². The molecule has 0 aliphatic heterocycles. The number of benzene rings is 1. The van der Waals surface area contributed by atoms with Gasteiger partial charge in [-0.2, -0.15) is 5.10 Å². The number of hydrogen-bond acceptors (Lipinski definition) is 6. The molecule has 0 spiro atoms. The highest BCUT2D eigenvalue weighted by Crippen LogP contribution is 2.28. The van der Waals surface area contributed by atoms with Gasteiger partial charge in [0.15, 0.2) is 0 Å². The number of anilines is 1. The zero-order chi connectivity index (χ0) is 21.5. The van der Waals surface area contributed by atoms with Gasteiger partial charge in [-0.3, -0.25) is 24.6 Å². The number of carbonyl (C=O) groups is 1. The van der Waals surface area contributed by atoms with Crippen molar-refractivity contribution in [3.05, 3.63) is 81.9 Å². The second-order valence-electron chi connectivity index (χ2n) is 6.99. The van der Waals surface area contributed by atoms with E-state index in [0.717, 1.165) is 24.1 Å². The molecule has 2 heterocycles. The van der Waals surface area contributed by atoms with E-state index in [4.69, 9.17) is 0 Å². The second-order valence-corrected chi connectivity index (χ2v) is 6.99. The molecule has 2 N–H and O–H groups in total. The molecule has 9 heteroatoms. The Morgan fingerprint density at radius 1 is 1.30 bits per heavy atom. The predicted molar refractivity (Wildman–Crippen MR) is 113 cm³/mol. The lowest BCUT2D eigenvalue weighted by molar-refractivity contribution is -0.384. The summed E-state index contributed by atoms with van der Waals surface area (Å²) in [5, 5.41) is 21.6. The molecule has 0 fully saturated rings. The maximum Gasteiger partial charge on any atom is 0.293 e. The molecular formula is C21H24N6O3. The van der Waals surface area contributed by atoms with Crippen molar-refractivity contribution in [1.82, 2.24) is 20.1 Å². The highest BCUT2D eigenvalue weighted by molar-refractivity contribution is 5.95. The molecular weight excluding hydrogens is 384 g/mol. The summed E-state index contributed by atoms with van der Waals surface area (Å²) in [6.45, 7) is 2.34. The molecule has 0 bridgehead atoms. The van der Waals surface area contributed by atoms with Gasteiger partial charge in [0, 0.05) is 37.6 Å². The number of rotatable bonds is 9. The Morgan fingerprint density at radius 3 is 2.80 bits per heavy atom. The molecule has 0 saturated heterocycles. The van der Waals surface area contributed by atoms with Gasteiger partial charge in [-0.05, 0) is 49.6 Å². The van der Waals surface area contributed by atoms with Crippen LogP contribution in [0.1, 0.15) is 41.0 Å². The van der Waals surface area contributed by atoms with Crippen LogP contribution in [0.4, 0.5) is 11.4 Å². The van der Waals surface area contributed by atoms with Crippen LogP contribution < -0.4 is 10.6 Å². The quantitative estimate of drug-likeness (QED) is 0.319. The summed E-state index contributed by atoms with van der Waals surface area (Å²) in [7, 11) is 1.85. The monoisotopic (exact) mass is 408 g/mol. The third-order valence-electron chi connectivity index (χ3n) is 4.65. The van der Waals surface area contributed by atoms with Crippen LogP contribution in [0, 0.1) is 10.1 Å². The summed E-state index contributed by atoms with van der Waals surface area (Å²) < 4.78 is 1.73. The van der Waals surface area contributed by atoms with Gasteiger partial charge >= 0.3 is 0 Å². The van der Waals surface area contributed by atoms with Crippen LogP contribution in [0.5, 0.6) is 0 Å². The van der Waals surface area contributed by atoms with E-state index in [1.807, 2.05) is 38.4 Å². The topological polar surface area (TPSA) is 115 Å². The summed E-state index contributed by atoms with van der Waals surface area (Å²) in [4.78, 5) is 27.7. The fourth-order valence-corrected chi connectivity index (χ4v) is 3.08. The first kappa shape index (κ1) is 21.0. The molecule has 3 aromatic rings. The van der Waals surface area contributed by atoms with E-state index in [9.17, 15) is 14.9 Å². The molecule has 1 atom stereocenters. The van der Waals surface area contributed by atoms with Crippen molar-refractivity contribution in [3.8, 4) is 0 Å². The van der Waals surface area contributed by atoms with Crippen molar-refractivity contribution in [1.29, 1.82) is 0 Å². The minimum absolute atomic E-state index is 0.152. The van der Waals surface area contributed by atoms with Crippen molar-refractivity contribution in [2.75, 3.05) is 11.9 Å². The van der Waals surface area contributed by atoms with Crippen LogP contribution in [-0.4, -0.2) is 32.1 Å². The Labute approximate surface area is 174 Å². The van der Waals surface area contributed by atoms with E-state index < -0.39 is 4.92 Å². The van der Waals surface area contributed by atoms with Crippen molar-refractivity contribution < 1.29 is 9.72 Å². The number of hydrogen-bond donors (Lipinski definition) is 2. The smallest absolute Gasteiger partial charge is 0.293 e. The summed E-state index contributed by atoms with van der Waals surface area (Å²) >= 11 is 0. The van der Waals surface area contributed by atoms with Crippen molar-refractivity contribution >= 4 is 17.3 Å². The zero-order valence-corrected chi connectivity index (χ0v) is 16.9. The Kier molecular flexibility index (Phi) is 6.74. The Balaban J connectivity index is 1.62. The average molecular weight is 408 g/mol. The Morgan fingerprint density at radius 2 is 2.13 bits per heavy atom. The summed E-state index contributed by atoms with van der Waals surface area (Å²) in [6, 6.07) is 9.72. The van der Waals surface area contributed by atoms with Gasteiger partial charge in [0.1, 0.15) is 5.69 Å². The Bertz CT molecular complexity index is 1020. The number of nitro benzene ring substituents is 1. The number of aryl methyl sites for hydroxylation is 2. The highest BCUT2D eigenvalue weighted by Gasteiger charge is 2.19. The third-order valence-corrected chi connectivity index (χ3v) is 4.65. The highest BCUT2D eigenvalue weighted by atomic mass is 16.6. The molecule has 0 saturated carbocycles. The zero-order valence-electron chi connectivity index (χ0n) is 16.9. The lowest BCUT2D eigenvalue weighted by atomic mass is 10.1. The summed E-state index contributed by atoms with van der Waals surface area (Å²) in [5.74, 6) is -0.339. The van der Waals surface area contributed by atoms with E-state index in [-0.39, 0.29) is 23.2 Å². The molecule has 30 heavy (non-hydrogen) atoms. The fraction of sp³-hybridized carbons (Fsp3) is 0.286. The van der Waals surface area contributed by atoms with Crippen LogP contribution in [-0.2, 0) is 13.5 Å². The summed E-state index contributed by atoms with van der Waals surface area (Å²) in [5.41, 5.74) is 2.30. The maximum atomic E-state index is 12.4. The number of amides is 1. The lowest BCUT2D eigenvalue weighted by Crippen LogP contribution is -2.25. The van der Waals surface area contributed by atoms with Crippen LogP contribution in [0.2, 0.25) is 0 Å². The minimum atomic E-state index is -0.493. The van der Waals surface area contributed by atoms with Gasteiger partial charge in [0.25, 0.3) is 11.6 Å². The molecule has 0 aliphatic carbocycles. The van der Waals surface area contributed by atoms with Crippen LogP contribution >= 0.6 is 0 Å². The first-order chi connectivity index (χ1) is 14.4. The normalized spacial score (nSPS) is 11.7. The molecule has 1 unspecified atom stereocenters. The average Bonchev–Trinajstić information content (AvgIpc) is 3.16.